The minimum absolute atomic E-state index is 0. The van der Waals surface area contributed by atoms with Gasteiger partial charge in [-0.2, -0.15) is 0 Å². The average molecular weight is 333 g/mol. The summed E-state index contributed by atoms with van der Waals surface area (Å²) in [5.74, 6) is -10.4. The number of carboxylic acid groups (broad SMARTS) is 5. The number of carboxylic acids is 5. The molecular formula is C8H5FeO11. The third-order valence-electron chi connectivity index (χ3n) is 1.42. The fourth-order valence-electron chi connectivity index (χ4n) is 0.684. The molecule has 0 bridgehead atoms. The summed E-state index contributed by atoms with van der Waals surface area (Å²) in [7, 11) is 0. The van der Waals surface area contributed by atoms with Crippen LogP contribution in [0.15, 0.2) is 0 Å². The minimum atomic E-state index is -2.97. The Morgan fingerprint density at radius 2 is 1.00 bits per heavy atom. The molecule has 111 valence electrons. The molecule has 11 nitrogen and oxygen atoms in total. The van der Waals surface area contributed by atoms with Crippen molar-refractivity contribution in [2.75, 3.05) is 0 Å². The molecule has 0 atom stereocenters. The second-order valence-electron chi connectivity index (χ2n) is 2.99. The number of rotatable bonds is 5. The maximum Gasteiger partial charge on any atom is 5.00 e. The van der Waals surface area contributed by atoms with Gasteiger partial charge in [0.2, 0.25) is 0 Å². The Kier molecular flexibility index (Phi) is 11.2. The SMILES string of the molecule is O=C([O-])C(=O)[O-].O=C([O-])CC(O)(CC(=O)[O-])C(=O)[O-].[Fe+5]. The first kappa shape index (κ1) is 23.0. The predicted molar refractivity (Wildman–Crippen MR) is 39.2 cm³/mol. The topological polar surface area (TPSA) is 221 Å². The van der Waals surface area contributed by atoms with Crippen LogP contribution in [0, 0.1) is 0 Å². The zero-order valence-corrected chi connectivity index (χ0v) is 10.4. The van der Waals surface area contributed by atoms with Gasteiger partial charge in [0.05, 0.1) is 17.9 Å². The van der Waals surface area contributed by atoms with Crippen LogP contribution in [0.1, 0.15) is 12.8 Å². The van der Waals surface area contributed by atoms with Crippen molar-refractivity contribution in [3.63, 3.8) is 0 Å². The van der Waals surface area contributed by atoms with Crippen LogP contribution in [0.25, 0.3) is 0 Å². The first-order valence-corrected chi connectivity index (χ1v) is 4.18. The monoisotopic (exact) mass is 333 g/mol. The van der Waals surface area contributed by atoms with Crippen molar-refractivity contribution in [2.45, 2.75) is 18.4 Å². The Hall–Kier alpha value is -2.17. The van der Waals surface area contributed by atoms with Crippen LogP contribution >= 0.6 is 0 Å². The van der Waals surface area contributed by atoms with Gasteiger partial charge in [0.1, 0.15) is 5.60 Å². The van der Waals surface area contributed by atoms with Crippen molar-refractivity contribution in [2.24, 2.45) is 0 Å². The van der Waals surface area contributed by atoms with Gasteiger partial charge in [-0.05, 0) is 0 Å². The van der Waals surface area contributed by atoms with Gasteiger partial charge in [-0.15, -0.1) is 0 Å². The number of carbonyl (C=O) groups is 5. The molecule has 0 amide bonds. The molecule has 0 heterocycles. The predicted octanol–water partition coefficient (Wildman–Crippen LogP) is -8.77. The summed E-state index contributed by atoms with van der Waals surface area (Å²) in [4.78, 5) is 47.9. The number of aliphatic hydroxyl groups is 1. The zero-order chi connectivity index (χ0) is 15.8. The van der Waals surface area contributed by atoms with Crippen LogP contribution in [-0.2, 0) is 41.0 Å². The Morgan fingerprint density at radius 3 is 1.10 bits per heavy atom. The maximum atomic E-state index is 10.1. The van der Waals surface area contributed by atoms with Crippen molar-refractivity contribution >= 4 is 29.8 Å². The molecule has 0 aliphatic carbocycles. The summed E-state index contributed by atoms with van der Waals surface area (Å²) < 4.78 is 0. The average Bonchev–Trinajstić information content (AvgIpc) is 2.14. The van der Waals surface area contributed by atoms with E-state index in [-0.39, 0.29) is 17.1 Å². The molecule has 0 saturated heterocycles. The number of aliphatic carboxylic acids is 5. The summed E-state index contributed by atoms with van der Waals surface area (Å²) in [5.41, 5.74) is -2.97. The largest absolute Gasteiger partial charge is 5.00 e. The van der Waals surface area contributed by atoms with Crippen LogP contribution in [0.3, 0.4) is 0 Å². The first-order chi connectivity index (χ1) is 8.42. The summed E-state index contributed by atoms with van der Waals surface area (Å²) in [6.45, 7) is 0. The Morgan fingerprint density at radius 1 is 0.750 bits per heavy atom. The second-order valence-corrected chi connectivity index (χ2v) is 2.99. The Bertz CT molecular complexity index is 373. The minimum Gasteiger partial charge on any atom is -0.550 e. The molecule has 0 aliphatic heterocycles. The fourth-order valence-corrected chi connectivity index (χ4v) is 0.684. The van der Waals surface area contributed by atoms with E-state index in [0.29, 0.717) is 0 Å². The molecule has 20 heavy (non-hydrogen) atoms. The van der Waals surface area contributed by atoms with E-state index < -0.39 is 48.3 Å². The van der Waals surface area contributed by atoms with Gasteiger partial charge >= 0.3 is 17.1 Å². The van der Waals surface area contributed by atoms with Gasteiger partial charge in [0.25, 0.3) is 0 Å². The van der Waals surface area contributed by atoms with Crippen molar-refractivity contribution in [3.8, 4) is 0 Å². The van der Waals surface area contributed by atoms with Crippen molar-refractivity contribution in [1.82, 2.24) is 0 Å². The van der Waals surface area contributed by atoms with E-state index in [1.165, 1.54) is 0 Å². The second kappa shape index (κ2) is 9.72. The molecular weight excluding hydrogens is 328 g/mol. The first-order valence-electron chi connectivity index (χ1n) is 4.18. The summed E-state index contributed by atoms with van der Waals surface area (Å²) in [6.07, 6.45) is -2.72. The van der Waals surface area contributed by atoms with Crippen molar-refractivity contribution in [3.05, 3.63) is 0 Å². The molecule has 0 rings (SSSR count). The standard InChI is InChI=1S/C6H8O7.C2H2O4.Fe/c7-3(8)1-6(13,5(11)12)2-4(9)10;3-1(4)2(5)6;/h13H,1-2H2,(H,7,8)(H,9,10)(H,11,12);(H,3,4)(H,5,6);/q;;+5/p-5. The molecule has 12 heteroatoms. The molecule has 0 aromatic carbocycles. The van der Waals surface area contributed by atoms with E-state index in [1.807, 2.05) is 0 Å². The Labute approximate surface area is 120 Å². The molecule has 1 radical (unpaired) electrons. The quantitative estimate of drug-likeness (QED) is 0.367. The summed E-state index contributed by atoms with van der Waals surface area (Å²) >= 11 is 0. The maximum absolute atomic E-state index is 10.1. The number of hydrogen-bond donors (Lipinski definition) is 1. The fraction of sp³-hybridized carbons (Fsp3) is 0.375. The van der Waals surface area contributed by atoms with Gasteiger partial charge in [-0.25, -0.2) is 0 Å². The van der Waals surface area contributed by atoms with E-state index in [1.54, 1.807) is 0 Å². The van der Waals surface area contributed by atoms with Crippen LogP contribution in [0.2, 0.25) is 0 Å². The molecule has 0 fully saturated rings. The van der Waals surface area contributed by atoms with Gasteiger partial charge in [0.15, 0.2) is 0 Å². The summed E-state index contributed by atoms with van der Waals surface area (Å²) in [6, 6.07) is 0. The van der Waals surface area contributed by atoms with Crippen LogP contribution in [0.5, 0.6) is 0 Å². The molecule has 0 aromatic heterocycles. The van der Waals surface area contributed by atoms with Crippen molar-refractivity contribution < 1.29 is 71.7 Å². The summed E-state index contributed by atoms with van der Waals surface area (Å²) in [5, 5.41) is 56.8. The molecule has 0 aromatic rings. The molecule has 0 aliphatic rings. The van der Waals surface area contributed by atoms with Crippen molar-refractivity contribution in [1.29, 1.82) is 0 Å². The molecule has 1 N–H and O–H groups in total. The van der Waals surface area contributed by atoms with Gasteiger partial charge in [-0.1, -0.05) is 0 Å². The number of hydrogen-bond acceptors (Lipinski definition) is 11. The zero-order valence-electron chi connectivity index (χ0n) is 9.30. The normalized spacial score (nSPS) is 9.25. The molecule has 0 saturated carbocycles. The smallest absolute Gasteiger partial charge is 0.550 e. The number of carbonyl (C=O) groups excluding carboxylic acids is 5. The van der Waals surface area contributed by atoms with Crippen LogP contribution < -0.4 is 25.5 Å². The van der Waals surface area contributed by atoms with E-state index in [9.17, 15) is 29.7 Å². The van der Waals surface area contributed by atoms with Crippen LogP contribution in [-0.4, -0.2) is 40.6 Å². The van der Waals surface area contributed by atoms with Gasteiger partial charge in [0, 0.05) is 24.8 Å². The van der Waals surface area contributed by atoms with Crippen LogP contribution in [0.4, 0.5) is 0 Å². The van der Waals surface area contributed by atoms with Gasteiger partial charge < -0.3 is 54.6 Å². The third kappa shape index (κ3) is 11.0. The Balaban J connectivity index is -0.000000352. The van der Waals surface area contributed by atoms with E-state index in [4.69, 9.17) is 24.9 Å². The van der Waals surface area contributed by atoms with E-state index in [2.05, 4.69) is 0 Å². The van der Waals surface area contributed by atoms with Gasteiger partial charge in [-0.3, -0.25) is 0 Å². The van der Waals surface area contributed by atoms with E-state index >= 15 is 0 Å². The third-order valence-corrected chi connectivity index (χ3v) is 1.42. The molecule has 0 unspecified atom stereocenters. The molecule has 0 spiro atoms. The van der Waals surface area contributed by atoms with E-state index in [0.717, 1.165) is 0 Å².